The number of imidazole rings is 1. The molecule has 0 bridgehead atoms. The van der Waals surface area contributed by atoms with E-state index in [1.165, 1.54) is 25.9 Å². The number of methoxy groups -OCH3 is 1. The highest BCUT2D eigenvalue weighted by molar-refractivity contribution is 5.28. The fraction of sp³-hybridized carbons (Fsp3) is 0.786. The molecule has 2 atom stereocenters. The van der Waals surface area contributed by atoms with Crippen LogP contribution >= 0.6 is 0 Å². The third-order valence-corrected chi connectivity index (χ3v) is 3.66. The molecule has 5 heteroatoms. The molecule has 5 nitrogen and oxygen atoms in total. The van der Waals surface area contributed by atoms with Crippen LogP contribution in [0.4, 0.5) is 5.95 Å². The molecule has 1 aliphatic heterocycles. The van der Waals surface area contributed by atoms with E-state index >= 15 is 0 Å². The largest absolute Gasteiger partial charge is 0.383 e. The molecule has 0 amide bonds. The number of aromatic nitrogens is 2. The molecule has 1 saturated heterocycles. The summed E-state index contributed by atoms with van der Waals surface area (Å²) < 4.78 is 7.38. The van der Waals surface area contributed by atoms with Gasteiger partial charge in [0.05, 0.1) is 6.61 Å². The predicted molar refractivity (Wildman–Crippen MR) is 77.6 cm³/mol. The van der Waals surface area contributed by atoms with Crippen LogP contribution in [0, 0.1) is 0 Å². The van der Waals surface area contributed by atoms with Gasteiger partial charge in [-0.1, -0.05) is 0 Å². The van der Waals surface area contributed by atoms with Crippen molar-refractivity contribution in [1.82, 2.24) is 14.5 Å². The lowest BCUT2D eigenvalue weighted by Crippen LogP contribution is -2.29. The third kappa shape index (κ3) is 3.94. The monoisotopic (exact) mass is 266 g/mol. The standard InChI is InChI=1S/C14H26N4O/c1-12(11-19-3)16-14-15-6-9-18(14)13(2)10-17-7-4-5-8-17/h6,9,12-13H,4-5,7-8,10-11H2,1-3H3,(H,15,16). The van der Waals surface area contributed by atoms with Gasteiger partial charge in [-0.2, -0.15) is 0 Å². The zero-order valence-electron chi connectivity index (χ0n) is 12.3. The highest BCUT2D eigenvalue weighted by Gasteiger charge is 2.17. The van der Waals surface area contributed by atoms with E-state index in [0.717, 1.165) is 12.5 Å². The van der Waals surface area contributed by atoms with Crippen molar-refractivity contribution in [3.8, 4) is 0 Å². The van der Waals surface area contributed by atoms with E-state index in [1.54, 1.807) is 7.11 Å². The smallest absolute Gasteiger partial charge is 0.203 e. The van der Waals surface area contributed by atoms with E-state index in [-0.39, 0.29) is 6.04 Å². The Morgan fingerprint density at radius 1 is 1.37 bits per heavy atom. The molecule has 0 aromatic carbocycles. The summed E-state index contributed by atoms with van der Waals surface area (Å²) in [5, 5.41) is 3.41. The van der Waals surface area contributed by atoms with Gasteiger partial charge in [0, 0.05) is 38.1 Å². The van der Waals surface area contributed by atoms with Crippen LogP contribution in [0.2, 0.25) is 0 Å². The number of hydrogen-bond acceptors (Lipinski definition) is 4. The predicted octanol–water partition coefficient (Wildman–Crippen LogP) is 1.99. The Labute approximate surface area is 116 Å². The first kappa shape index (κ1) is 14.3. The molecule has 108 valence electrons. The van der Waals surface area contributed by atoms with Crippen LogP contribution < -0.4 is 5.32 Å². The zero-order chi connectivity index (χ0) is 13.7. The van der Waals surface area contributed by atoms with Crippen molar-refractivity contribution in [1.29, 1.82) is 0 Å². The molecule has 1 aromatic heterocycles. The summed E-state index contributed by atoms with van der Waals surface area (Å²) in [4.78, 5) is 6.95. The minimum Gasteiger partial charge on any atom is -0.383 e. The van der Waals surface area contributed by atoms with Crippen LogP contribution in [0.25, 0.3) is 0 Å². The van der Waals surface area contributed by atoms with Gasteiger partial charge >= 0.3 is 0 Å². The molecule has 2 heterocycles. The number of anilines is 1. The molecule has 1 aliphatic rings. The third-order valence-electron chi connectivity index (χ3n) is 3.66. The fourth-order valence-electron chi connectivity index (χ4n) is 2.72. The molecule has 2 rings (SSSR count). The van der Waals surface area contributed by atoms with Crippen LogP contribution in [0.3, 0.4) is 0 Å². The number of likely N-dealkylation sites (tertiary alicyclic amines) is 1. The van der Waals surface area contributed by atoms with E-state index in [4.69, 9.17) is 4.74 Å². The molecule has 0 spiro atoms. The van der Waals surface area contributed by atoms with Crippen LogP contribution in [0.1, 0.15) is 32.7 Å². The Balaban J connectivity index is 1.93. The van der Waals surface area contributed by atoms with Crippen LogP contribution in [-0.2, 0) is 4.74 Å². The van der Waals surface area contributed by atoms with Gasteiger partial charge in [-0.3, -0.25) is 0 Å². The fourth-order valence-corrected chi connectivity index (χ4v) is 2.72. The first-order valence-electron chi connectivity index (χ1n) is 7.21. The van der Waals surface area contributed by atoms with Crippen molar-refractivity contribution < 1.29 is 4.74 Å². The Kier molecular flexibility index (Phi) is 5.22. The van der Waals surface area contributed by atoms with Crippen molar-refractivity contribution >= 4 is 5.95 Å². The summed E-state index contributed by atoms with van der Waals surface area (Å²) in [5.41, 5.74) is 0. The van der Waals surface area contributed by atoms with E-state index in [2.05, 4.69) is 39.8 Å². The Morgan fingerprint density at radius 3 is 2.79 bits per heavy atom. The molecule has 1 fully saturated rings. The van der Waals surface area contributed by atoms with Crippen molar-refractivity contribution in [2.75, 3.05) is 38.7 Å². The van der Waals surface area contributed by atoms with Gasteiger partial charge in [-0.15, -0.1) is 0 Å². The number of nitrogens with zero attached hydrogens (tertiary/aromatic N) is 3. The molecular weight excluding hydrogens is 240 g/mol. The second kappa shape index (κ2) is 6.91. The van der Waals surface area contributed by atoms with Gasteiger partial charge < -0.3 is 19.5 Å². The molecule has 0 aliphatic carbocycles. The summed E-state index contributed by atoms with van der Waals surface area (Å²) in [5.74, 6) is 0.941. The first-order valence-corrected chi connectivity index (χ1v) is 7.21. The maximum Gasteiger partial charge on any atom is 0.203 e. The molecular formula is C14H26N4O. The van der Waals surface area contributed by atoms with Crippen molar-refractivity contribution in [2.45, 2.75) is 38.8 Å². The van der Waals surface area contributed by atoms with Crippen molar-refractivity contribution in [3.63, 3.8) is 0 Å². The van der Waals surface area contributed by atoms with Crippen LogP contribution in [-0.4, -0.2) is 53.8 Å². The Morgan fingerprint density at radius 2 is 2.11 bits per heavy atom. The van der Waals surface area contributed by atoms with E-state index in [9.17, 15) is 0 Å². The lowest BCUT2D eigenvalue weighted by Gasteiger charge is -2.24. The van der Waals surface area contributed by atoms with E-state index in [1.807, 2.05) is 6.20 Å². The van der Waals surface area contributed by atoms with Crippen LogP contribution in [0.5, 0.6) is 0 Å². The summed E-state index contributed by atoms with van der Waals surface area (Å²) in [6, 6.07) is 0.711. The average molecular weight is 266 g/mol. The van der Waals surface area contributed by atoms with Gasteiger partial charge in [-0.25, -0.2) is 4.98 Å². The first-order chi connectivity index (χ1) is 9.20. The molecule has 1 N–H and O–H groups in total. The molecule has 2 unspecified atom stereocenters. The zero-order valence-corrected chi connectivity index (χ0v) is 12.3. The lowest BCUT2D eigenvalue weighted by atomic mass is 10.3. The second-order valence-corrected chi connectivity index (χ2v) is 5.52. The van der Waals surface area contributed by atoms with Crippen LogP contribution in [0.15, 0.2) is 12.4 Å². The SMILES string of the molecule is COCC(C)Nc1nccn1C(C)CN1CCCC1. The highest BCUT2D eigenvalue weighted by Crippen LogP contribution is 2.18. The molecule has 19 heavy (non-hydrogen) atoms. The summed E-state index contributed by atoms with van der Waals surface area (Å²) >= 11 is 0. The quantitative estimate of drug-likeness (QED) is 0.819. The van der Waals surface area contributed by atoms with Gasteiger partial charge in [-0.05, 0) is 39.8 Å². The number of nitrogens with one attached hydrogen (secondary N) is 1. The minimum atomic E-state index is 0.269. The maximum absolute atomic E-state index is 5.15. The lowest BCUT2D eigenvalue weighted by molar-refractivity contribution is 0.190. The number of ether oxygens (including phenoxy) is 1. The number of rotatable bonds is 7. The van der Waals surface area contributed by atoms with Gasteiger partial charge in [0.25, 0.3) is 0 Å². The number of hydrogen-bond donors (Lipinski definition) is 1. The highest BCUT2D eigenvalue weighted by atomic mass is 16.5. The molecule has 0 radical (unpaired) electrons. The van der Waals surface area contributed by atoms with E-state index < -0.39 is 0 Å². The van der Waals surface area contributed by atoms with Gasteiger partial charge in [0.15, 0.2) is 0 Å². The Bertz CT molecular complexity index is 373. The Hall–Kier alpha value is -1.07. The van der Waals surface area contributed by atoms with Crippen molar-refractivity contribution in [3.05, 3.63) is 12.4 Å². The summed E-state index contributed by atoms with van der Waals surface area (Å²) in [6.45, 7) is 8.63. The summed E-state index contributed by atoms with van der Waals surface area (Å²) in [6.07, 6.45) is 6.60. The molecule has 1 aromatic rings. The van der Waals surface area contributed by atoms with Gasteiger partial charge in [0.1, 0.15) is 0 Å². The maximum atomic E-state index is 5.15. The second-order valence-electron chi connectivity index (χ2n) is 5.52. The average Bonchev–Trinajstić information content (AvgIpc) is 3.00. The van der Waals surface area contributed by atoms with E-state index in [0.29, 0.717) is 12.6 Å². The summed E-state index contributed by atoms with van der Waals surface area (Å²) in [7, 11) is 1.72. The van der Waals surface area contributed by atoms with Crippen molar-refractivity contribution in [2.24, 2.45) is 0 Å². The minimum absolute atomic E-state index is 0.269. The van der Waals surface area contributed by atoms with Gasteiger partial charge in [0.2, 0.25) is 5.95 Å². The molecule has 0 saturated carbocycles. The topological polar surface area (TPSA) is 42.3 Å². The normalized spacial score (nSPS) is 19.5.